The fourth-order valence-electron chi connectivity index (χ4n) is 3.69. The van der Waals surface area contributed by atoms with E-state index in [1.54, 1.807) is 11.1 Å². The first-order valence-electron chi connectivity index (χ1n) is 9.48. The van der Waals surface area contributed by atoms with Crippen LogP contribution in [0.15, 0.2) is 53.9 Å². The highest BCUT2D eigenvalue weighted by Gasteiger charge is 2.41. The molecular weight excluding hydrogens is 360 g/mol. The molecule has 0 spiro atoms. The molecule has 0 N–H and O–H groups in total. The molecule has 2 aromatic rings. The Bertz CT molecular complexity index is 895. The van der Waals surface area contributed by atoms with Crippen molar-refractivity contribution in [2.45, 2.75) is 32.4 Å². The fraction of sp³-hybridized carbons (Fsp3) is 0.381. The highest BCUT2D eigenvalue weighted by Crippen LogP contribution is 2.41. The summed E-state index contributed by atoms with van der Waals surface area (Å²) in [6.45, 7) is 4.10. The van der Waals surface area contributed by atoms with E-state index in [1.165, 1.54) is 6.33 Å². The Morgan fingerprint density at radius 3 is 2.61 bits per heavy atom. The van der Waals surface area contributed by atoms with Crippen molar-refractivity contribution < 1.29 is 8.78 Å². The van der Waals surface area contributed by atoms with Crippen LogP contribution in [0.1, 0.15) is 20.3 Å². The van der Waals surface area contributed by atoms with Gasteiger partial charge in [0.2, 0.25) is 0 Å². The van der Waals surface area contributed by atoms with Crippen LogP contribution in [0.25, 0.3) is 11.3 Å². The van der Waals surface area contributed by atoms with Crippen LogP contribution in [-0.4, -0.2) is 41.4 Å². The molecule has 2 aliphatic heterocycles. The van der Waals surface area contributed by atoms with Gasteiger partial charge in [-0.25, -0.2) is 18.7 Å². The molecule has 4 rings (SSSR count). The van der Waals surface area contributed by atoms with Crippen molar-refractivity contribution in [3.63, 3.8) is 0 Å². The number of aromatic nitrogens is 2. The molecule has 1 saturated heterocycles. The van der Waals surface area contributed by atoms with Crippen molar-refractivity contribution in [2.75, 3.05) is 22.9 Å². The maximum absolute atomic E-state index is 13.9. The highest BCUT2D eigenvalue weighted by atomic mass is 19.3. The number of rotatable bonds is 4. The first kappa shape index (κ1) is 18.5. The minimum absolute atomic E-state index is 0.152. The Balaban J connectivity index is 1.88. The van der Waals surface area contributed by atoms with E-state index in [2.05, 4.69) is 28.8 Å². The summed E-state index contributed by atoms with van der Waals surface area (Å²) in [5.41, 5.74) is 2.35. The van der Waals surface area contributed by atoms with Crippen LogP contribution in [0.2, 0.25) is 0 Å². The summed E-state index contributed by atoms with van der Waals surface area (Å²) >= 11 is 0. The summed E-state index contributed by atoms with van der Waals surface area (Å²) < 4.78 is 27.9. The Hall–Kier alpha value is -2.83. The molecule has 1 atom stereocenters. The van der Waals surface area contributed by atoms with Crippen LogP contribution in [0.3, 0.4) is 0 Å². The summed E-state index contributed by atoms with van der Waals surface area (Å²) in [7, 11) is 0. The molecule has 146 valence electrons. The van der Waals surface area contributed by atoms with Crippen LogP contribution in [0.5, 0.6) is 0 Å². The third-order valence-corrected chi connectivity index (χ3v) is 5.03. The fourth-order valence-corrected chi connectivity index (χ4v) is 3.69. The second kappa shape index (κ2) is 7.30. The molecule has 0 aliphatic carbocycles. The van der Waals surface area contributed by atoms with Crippen LogP contribution < -0.4 is 9.80 Å². The van der Waals surface area contributed by atoms with Gasteiger partial charge in [0.1, 0.15) is 18.2 Å². The number of anilines is 2. The summed E-state index contributed by atoms with van der Waals surface area (Å²) in [5.74, 6) is -1.96. The van der Waals surface area contributed by atoms with E-state index in [0.29, 0.717) is 11.5 Å². The second-order valence-corrected chi connectivity index (χ2v) is 7.49. The molecule has 0 radical (unpaired) electrons. The molecule has 1 aromatic heterocycles. The van der Waals surface area contributed by atoms with Crippen LogP contribution >= 0.6 is 0 Å². The van der Waals surface area contributed by atoms with Gasteiger partial charge in [-0.05, 0) is 12.0 Å². The maximum Gasteiger partial charge on any atom is 0.266 e. The van der Waals surface area contributed by atoms with E-state index >= 15 is 0 Å². The molecule has 3 heterocycles. The number of alkyl halides is 2. The van der Waals surface area contributed by atoms with E-state index in [9.17, 15) is 8.78 Å². The molecule has 2 aliphatic rings. The minimum Gasteiger partial charge on any atom is -0.349 e. The number of allylic oxidation sites excluding steroid dienone is 1. The Labute approximate surface area is 163 Å². The number of nitrogens with zero attached hydrogens (tertiary/aromatic N) is 5. The van der Waals surface area contributed by atoms with E-state index in [1.807, 2.05) is 47.5 Å². The van der Waals surface area contributed by atoms with Gasteiger partial charge >= 0.3 is 0 Å². The smallest absolute Gasteiger partial charge is 0.266 e. The molecule has 0 bridgehead atoms. The van der Waals surface area contributed by atoms with Crippen molar-refractivity contribution in [1.82, 2.24) is 9.97 Å². The standard InChI is InChI=1S/C21H23F2N5/c1-15(2)19-24-10-6-11-28(19)18-17(16-7-4-3-5-8-16)25-14-26-20(18)27-12-9-21(22,23)13-27/h3-8,10-11,14-15,19H,9,12-13H2,1-2H3. The summed E-state index contributed by atoms with van der Waals surface area (Å²) in [6.07, 6.45) is 6.69. The Kier molecular flexibility index (Phi) is 4.83. The molecule has 0 saturated carbocycles. The average molecular weight is 383 g/mol. The van der Waals surface area contributed by atoms with Gasteiger partial charge in [-0.3, -0.25) is 4.99 Å². The van der Waals surface area contributed by atoms with Gasteiger partial charge in [0, 0.05) is 30.9 Å². The zero-order valence-corrected chi connectivity index (χ0v) is 16.0. The maximum atomic E-state index is 13.9. The van der Waals surface area contributed by atoms with Gasteiger partial charge in [-0.2, -0.15) is 0 Å². The topological polar surface area (TPSA) is 44.6 Å². The first-order valence-corrected chi connectivity index (χ1v) is 9.48. The van der Waals surface area contributed by atoms with Gasteiger partial charge in [-0.15, -0.1) is 0 Å². The number of hydrogen-bond acceptors (Lipinski definition) is 5. The van der Waals surface area contributed by atoms with Gasteiger partial charge < -0.3 is 9.80 Å². The van der Waals surface area contributed by atoms with Crippen LogP contribution in [0, 0.1) is 5.92 Å². The normalized spacial score (nSPS) is 21.0. The third-order valence-electron chi connectivity index (χ3n) is 5.03. The van der Waals surface area contributed by atoms with Gasteiger partial charge in [0.25, 0.3) is 5.92 Å². The van der Waals surface area contributed by atoms with Crippen LogP contribution in [0.4, 0.5) is 20.3 Å². The van der Waals surface area contributed by atoms with Crippen LogP contribution in [-0.2, 0) is 0 Å². The number of aliphatic imine (C=N–C) groups is 1. The van der Waals surface area contributed by atoms with E-state index in [-0.39, 0.29) is 31.6 Å². The number of hydrogen-bond donors (Lipinski definition) is 0. The van der Waals surface area contributed by atoms with Gasteiger partial charge in [0.15, 0.2) is 5.82 Å². The first-order chi connectivity index (χ1) is 13.5. The molecule has 5 nitrogen and oxygen atoms in total. The van der Waals surface area contributed by atoms with Crippen molar-refractivity contribution >= 4 is 17.7 Å². The molecule has 0 amide bonds. The summed E-state index contributed by atoms with van der Waals surface area (Å²) in [4.78, 5) is 17.3. The van der Waals surface area contributed by atoms with E-state index in [0.717, 1.165) is 11.3 Å². The lowest BCUT2D eigenvalue weighted by Gasteiger charge is -2.35. The van der Waals surface area contributed by atoms with E-state index in [4.69, 9.17) is 0 Å². The predicted molar refractivity (Wildman–Crippen MR) is 108 cm³/mol. The molecule has 1 fully saturated rings. The van der Waals surface area contributed by atoms with Gasteiger partial charge in [-0.1, -0.05) is 44.2 Å². The molecule has 1 unspecified atom stereocenters. The minimum atomic E-state index is -2.71. The molecule has 1 aromatic carbocycles. The monoisotopic (exact) mass is 383 g/mol. The van der Waals surface area contributed by atoms with E-state index < -0.39 is 5.92 Å². The summed E-state index contributed by atoms with van der Waals surface area (Å²) in [5, 5.41) is 0. The zero-order valence-electron chi connectivity index (χ0n) is 16.0. The lowest BCUT2D eigenvalue weighted by Crippen LogP contribution is -2.37. The Morgan fingerprint density at radius 1 is 1.14 bits per heavy atom. The summed E-state index contributed by atoms with van der Waals surface area (Å²) in [6, 6.07) is 9.75. The molecular formula is C21H23F2N5. The second-order valence-electron chi connectivity index (χ2n) is 7.49. The molecule has 28 heavy (non-hydrogen) atoms. The molecule has 7 heteroatoms. The number of benzene rings is 1. The number of halogens is 2. The average Bonchev–Trinajstić information content (AvgIpc) is 3.07. The van der Waals surface area contributed by atoms with Crippen molar-refractivity contribution in [1.29, 1.82) is 0 Å². The quantitative estimate of drug-likeness (QED) is 0.786. The lowest BCUT2D eigenvalue weighted by molar-refractivity contribution is 0.0257. The van der Waals surface area contributed by atoms with Gasteiger partial charge in [0.05, 0.1) is 12.2 Å². The lowest BCUT2D eigenvalue weighted by atomic mass is 10.1. The zero-order chi connectivity index (χ0) is 19.7. The predicted octanol–water partition coefficient (Wildman–Crippen LogP) is 4.38. The SMILES string of the molecule is CC(C)C1N=CC=CN1c1c(-c2ccccc2)ncnc1N1CCC(F)(F)C1. The van der Waals surface area contributed by atoms with Crippen molar-refractivity contribution in [3.05, 3.63) is 48.9 Å². The highest BCUT2D eigenvalue weighted by molar-refractivity contribution is 5.86. The third kappa shape index (κ3) is 3.48. The van der Waals surface area contributed by atoms with Crippen molar-refractivity contribution in [3.8, 4) is 11.3 Å². The Morgan fingerprint density at radius 2 is 1.93 bits per heavy atom. The van der Waals surface area contributed by atoms with Crippen molar-refractivity contribution in [2.24, 2.45) is 10.9 Å². The largest absolute Gasteiger partial charge is 0.349 e.